The van der Waals surface area contributed by atoms with Gasteiger partial charge in [0.25, 0.3) is 0 Å². The average Bonchev–Trinajstić information content (AvgIpc) is 3.88. The molecule has 4 nitrogen and oxygen atoms in total. The van der Waals surface area contributed by atoms with Gasteiger partial charge in [0.05, 0.1) is 22.1 Å². The Hall–Kier alpha value is -8.60. The van der Waals surface area contributed by atoms with Gasteiger partial charge in [-0.15, -0.1) is 0 Å². The van der Waals surface area contributed by atoms with E-state index in [2.05, 4.69) is 274 Å². The minimum Gasteiger partial charge on any atom is -0.311 e. The zero-order valence-electron chi connectivity index (χ0n) is 35.0. The lowest BCUT2D eigenvalue weighted by atomic mass is 10.0. The predicted octanol–water partition coefficient (Wildman–Crippen LogP) is 16.5. The Kier molecular flexibility index (Phi) is 9.12. The highest BCUT2D eigenvalue weighted by Gasteiger charge is 2.19. The Morgan fingerprint density at radius 1 is 0.219 bits per heavy atom. The second kappa shape index (κ2) is 15.7. The second-order valence-corrected chi connectivity index (χ2v) is 16.2. The number of hydrogen-bond donors (Lipinski definition) is 0. The summed E-state index contributed by atoms with van der Waals surface area (Å²) < 4.78 is 4.79. The summed E-state index contributed by atoms with van der Waals surface area (Å²) in [4.78, 5) is 4.62. The van der Waals surface area contributed by atoms with Gasteiger partial charge in [-0.1, -0.05) is 127 Å². The summed E-state index contributed by atoms with van der Waals surface area (Å²) in [6.45, 7) is 0. The molecule has 0 atom stereocenters. The Morgan fingerprint density at radius 3 is 1.09 bits per heavy atom. The van der Waals surface area contributed by atoms with Crippen LogP contribution in [0.4, 0.5) is 34.1 Å². The third-order valence-electron chi connectivity index (χ3n) is 12.5. The highest BCUT2D eigenvalue weighted by molar-refractivity contribution is 6.12. The molecule has 12 aromatic rings. The monoisotopic (exact) mass is 818 g/mol. The van der Waals surface area contributed by atoms with Crippen molar-refractivity contribution in [2.45, 2.75) is 0 Å². The molecule has 0 saturated carbocycles. The number of rotatable bonds is 9. The van der Waals surface area contributed by atoms with Crippen LogP contribution in [0.2, 0.25) is 0 Å². The second-order valence-electron chi connectivity index (χ2n) is 16.2. The van der Waals surface area contributed by atoms with Gasteiger partial charge in [-0.2, -0.15) is 0 Å². The SMILES string of the molecule is c1ccc(N(c2ccccc2)c2ccc(N(c3ccccc3)c3ccc(-n4c5ccccc5c5cc(-c6ccc7c8ccccc8n(-c8ccccc8)c7c6)ccc54)cc3)cc2)cc1. The fourth-order valence-corrected chi connectivity index (χ4v) is 9.56. The van der Waals surface area contributed by atoms with Crippen molar-refractivity contribution in [3.63, 3.8) is 0 Å². The first-order chi connectivity index (χ1) is 31.8. The molecule has 10 aromatic carbocycles. The Bertz CT molecular complexity index is 3540. The number of nitrogens with zero attached hydrogens (tertiary/aromatic N) is 4. The van der Waals surface area contributed by atoms with Gasteiger partial charge in [0.15, 0.2) is 0 Å². The first-order valence-corrected chi connectivity index (χ1v) is 21.8. The number of fused-ring (bicyclic) bond motifs is 6. The van der Waals surface area contributed by atoms with E-state index in [1.54, 1.807) is 0 Å². The number of anilines is 6. The number of benzene rings is 10. The highest BCUT2D eigenvalue weighted by Crippen LogP contribution is 2.41. The Balaban J connectivity index is 0.924. The lowest BCUT2D eigenvalue weighted by molar-refractivity contribution is 1.17. The first kappa shape index (κ1) is 37.2. The molecule has 302 valence electrons. The summed E-state index contributed by atoms with van der Waals surface area (Å²) in [6, 6.07) is 91.6. The summed E-state index contributed by atoms with van der Waals surface area (Å²) in [5.41, 5.74) is 16.0. The summed E-state index contributed by atoms with van der Waals surface area (Å²) in [7, 11) is 0. The van der Waals surface area contributed by atoms with Gasteiger partial charge in [-0.25, -0.2) is 0 Å². The minimum atomic E-state index is 1.08. The van der Waals surface area contributed by atoms with E-state index < -0.39 is 0 Å². The van der Waals surface area contributed by atoms with E-state index in [0.29, 0.717) is 0 Å². The number of aromatic nitrogens is 2. The van der Waals surface area contributed by atoms with E-state index in [1.165, 1.54) is 54.7 Å². The maximum Gasteiger partial charge on any atom is 0.0547 e. The van der Waals surface area contributed by atoms with Gasteiger partial charge in [0.1, 0.15) is 0 Å². The third-order valence-corrected chi connectivity index (χ3v) is 12.5. The molecule has 0 aliphatic rings. The molecule has 0 radical (unpaired) electrons. The van der Waals surface area contributed by atoms with Crippen LogP contribution in [0, 0.1) is 0 Å². The lowest BCUT2D eigenvalue weighted by Gasteiger charge is -2.28. The van der Waals surface area contributed by atoms with Crippen molar-refractivity contribution < 1.29 is 0 Å². The fourth-order valence-electron chi connectivity index (χ4n) is 9.56. The molecule has 4 heteroatoms. The number of hydrogen-bond acceptors (Lipinski definition) is 2. The largest absolute Gasteiger partial charge is 0.311 e. The van der Waals surface area contributed by atoms with Gasteiger partial charge in [0, 0.05) is 67.0 Å². The smallest absolute Gasteiger partial charge is 0.0547 e. The summed E-state index contributed by atoms with van der Waals surface area (Å²) in [5, 5.41) is 4.97. The van der Waals surface area contributed by atoms with E-state index in [-0.39, 0.29) is 0 Å². The normalized spacial score (nSPS) is 11.4. The average molecular weight is 819 g/mol. The molecule has 2 heterocycles. The van der Waals surface area contributed by atoms with Crippen molar-refractivity contribution in [2.75, 3.05) is 9.80 Å². The van der Waals surface area contributed by atoms with E-state index in [0.717, 1.165) is 45.5 Å². The van der Waals surface area contributed by atoms with Crippen LogP contribution in [0.1, 0.15) is 0 Å². The first-order valence-electron chi connectivity index (χ1n) is 21.8. The maximum atomic E-state index is 2.40. The van der Waals surface area contributed by atoms with Crippen molar-refractivity contribution in [1.82, 2.24) is 9.13 Å². The molecule has 0 bridgehead atoms. The van der Waals surface area contributed by atoms with Gasteiger partial charge in [-0.05, 0) is 139 Å². The van der Waals surface area contributed by atoms with Crippen LogP contribution in [-0.4, -0.2) is 9.13 Å². The van der Waals surface area contributed by atoms with Gasteiger partial charge in [-0.3, -0.25) is 0 Å². The molecule has 0 N–H and O–H groups in total. The lowest BCUT2D eigenvalue weighted by Crippen LogP contribution is -2.12. The van der Waals surface area contributed by atoms with Gasteiger partial charge in [0.2, 0.25) is 0 Å². The number of para-hydroxylation sites is 6. The van der Waals surface area contributed by atoms with Crippen LogP contribution in [-0.2, 0) is 0 Å². The molecule has 0 spiro atoms. The summed E-state index contributed by atoms with van der Waals surface area (Å²) >= 11 is 0. The van der Waals surface area contributed by atoms with Crippen molar-refractivity contribution in [1.29, 1.82) is 0 Å². The molecular formula is C60H42N4. The molecule has 2 aromatic heterocycles. The van der Waals surface area contributed by atoms with Crippen LogP contribution in [0.5, 0.6) is 0 Å². The van der Waals surface area contributed by atoms with Crippen LogP contribution in [0.15, 0.2) is 255 Å². The molecular weight excluding hydrogens is 777 g/mol. The highest BCUT2D eigenvalue weighted by atomic mass is 15.2. The Labute approximate surface area is 372 Å². The van der Waals surface area contributed by atoms with Crippen molar-refractivity contribution in [3.8, 4) is 22.5 Å². The van der Waals surface area contributed by atoms with Crippen molar-refractivity contribution in [3.05, 3.63) is 255 Å². The minimum absolute atomic E-state index is 1.08. The summed E-state index contributed by atoms with van der Waals surface area (Å²) in [5.74, 6) is 0. The quantitative estimate of drug-likeness (QED) is 0.144. The van der Waals surface area contributed by atoms with Crippen LogP contribution >= 0.6 is 0 Å². The molecule has 0 amide bonds. The van der Waals surface area contributed by atoms with E-state index in [4.69, 9.17) is 0 Å². The summed E-state index contributed by atoms with van der Waals surface area (Å²) in [6.07, 6.45) is 0. The zero-order chi connectivity index (χ0) is 42.4. The molecule has 0 aliphatic carbocycles. The standard InChI is InChI=1S/C60H42N4/c1-5-17-45(18-6-1)61(46-19-7-2-8-20-46)49-31-33-50(34-32-49)62(47-21-9-3-10-22-47)51-35-37-52(38-36-51)63-58-28-16-14-26-54(58)56-41-43(30-40-59(56)63)44-29-39-55-53-25-13-15-27-57(53)64(60(55)42-44)48-23-11-4-12-24-48/h1-42H. The maximum absolute atomic E-state index is 2.40. The molecule has 0 unspecified atom stereocenters. The molecule has 0 saturated heterocycles. The van der Waals surface area contributed by atoms with E-state index >= 15 is 0 Å². The third kappa shape index (κ3) is 6.40. The van der Waals surface area contributed by atoms with Crippen molar-refractivity contribution in [2.24, 2.45) is 0 Å². The molecule has 0 fully saturated rings. The fraction of sp³-hybridized carbons (Fsp3) is 0. The molecule has 12 rings (SSSR count). The van der Waals surface area contributed by atoms with Crippen molar-refractivity contribution >= 4 is 77.7 Å². The topological polar surface area (TPSA) is 16.3 Å². The molecule has 64 heavy (non-hydrogen) atoms. The molecule has 0 aliphatic heterocycles. The van der Waals surface area contributed by atoms with E-state index in [1.807, 2.05) is 0 Å². The zero-order valence-corrected chi connectivity index (χ0v) is 35.0. The van der Waals surface area contributed by atoms with Crippen LogP contribution in [0.3, 0.4) is 0 Å². The predicted molar refractivity (Wildman–Crippen MR) is 270 cm³/mol. The van der Waals surface area contributed by atoms with Crippen LogP contribution < -0.4 is 9.80 Å². The van der Waals surface area contributed by atoms with Gasteiger partial charge >= 0.3 is 0 Å². The Morgan fingerprint density at radius 2 is 0.562 bits per heavy atom. The van der Waals surface area contributed by atoms with Gasteiger partial charge < -0.3 is 18.9 Å². The van der Waals surface area contributed by atoms with E-state index in [9.17, 15) is 0 Å². The van der Waals surface area contributed by atoms with Crippen LogP contribution in [0.25, 0.3) is 66.1 Å².